The molecule has 0 amide bonds. The Kier molecular flexibility index (Phi) is 5.46. The van der Waals surface area contributed by atoms with E-state index in [0.29, 0.717) is 12.8 Å². The zero-order chi connectivity index (χ0) is 8.85. The van der Waals surface area contributed by atoms with E-state index in [0.717, 1.165) is 0 Å². The van der Waals surface area contributed by atoms with E-state index in [2.05, 4.69) is 0 Å². The number of hydrogen-bond acceptors (Lipinski definition) is 3. The van der Waals surface area contributed by atoms with Crippen LogP contribution in [0.25, 0.3) is 0 Å². The van der Waals surface area contributed by atoms with Gasteiger partial charge in [0.1, 0.15) is 0 Å². The van der Waals surface area contributed by atoms with Gasteiger partial charge in [-0.05, 0) is 25.7 Å². The normalized spacial score (nSPS) is 19.4. The van der Waals surface area contributed by atoms with Gasteiger partial charge in [-0.2, -0.15) is 0 Å². The van der Waals surface area contributed by atoms with Gasteiger partial charge in [0.15, 0.2) is 0 Å². The van der Waals surface area contributed by atoms with Gasteiger partial charge in [-0.15, -0.1) is 0 Å². The third kappa shape index (κ3) is 5.18. The number of aliphatic hydroxyl groups is 3. The van der Waals surface area contributed by atoms with Gasteiger partial charge in [-0.3, -0.25) is 0 Å². The lowest BCUT2D eigenvalue weighted by Gasteiger charge is -2.17. The highest BCUT2D eigenvalue weighted by molar-refractivity contribution is 4.64. The minimum Gasteiger partial charge on any atom is -0.396 e. The Bertz CT molecular complexity index is 93.3. The van der Waals surface area contributed by atoms with Gasteiger partial charge in [-0.25, -0.2) is 0 Å². The highest BCUT2D eigenvalue weighted by Crippen LogP contribution is 2.12. The van der Waals surface area contributed by atoms with Crippen LogP contribution in [-0.2, 0) is 0 Å². The van der Waals surface area contributed by atoms with E-state index in [9.17, 15) is 5.11 Å². The van der Waals surface area contributed by atoms with Crippen molar-refractivity contribution in [1.82, 2.24) is 0 Å². The molecule has 0 aliphatic carbocycles. The highest BCUT2D eigenvalue weighted by Gasteiger charge is 2.13. The topological polar surface area (TPSA) is 60.7 Å². The summed E-state index contributed by atoms with van der Waals surface area (Å²) in [5.74, 6) is 0.0940. The van der Waals surface area contributed by atoms with Crippen LogP contribution in [0.4, 0.5) is 0 Å². The molecule has 0 fully saturated rings. The van der Waals surface area contributed by atoms with Crippen molar-refractivity contribution in [3.05, 3.63) is 0 Å². The summed E-state index contributed by atoms with van der Waals surface area (Å²) in [5, 5.41) is 26.7. The van der Waals surface area contributed by atoms with E-state index in [1.165, 1.54) is 0 Å². The minimum absolute atomic E-state index is 0.00764. The first-order chi connectivity index (χ1) is 5.07. The van der Waals surface area contributed by atoms with Crippen molar-refractivity contribution in [2.75, 3.05) is 6.61 Å². The summed E-state index contributed by atoms with van der Waals surface area (Å²) in [7, 11) is 0. The van der Waals surface area contributed by atoms with E-state index in [1.54, 1.807) is 6.92 Å². The van der Waals surface area contributed by atoms with Crippen molar-refractivity contribution in [2.45, 2.75) is 38.9 Å². The van der Waals surface area contributed by atoms with Crippen molar-refractivity contribution >= 4 is 0 Å². The van der Waals surface area contributed by atoms with Crippen LogP contribution in [0.3, 0.4) is 0 Å². The summed E-state index contributed by atoms with van der Waals surface area (Å²) in [4.78, 5) is 0. The van der Waals surface area contributed by atoms with Gasteiger partial charge >= 0.3 is 0 Å². The van der Waals surface area contributed by atoms with Crippen molar-refractivity contribution in [3.8, 4) is 0 Å². The molecule has 3 nitrogen and oxygen atoms in total. The van der Waals surface area contributed by atoms with Gasteiger partial charge in [0.25, 0.3) is 0 Å². The fourth-order valence-electron chi connectivity index (χ4n) is 0.893. The lowest BCUT2D eigenvalue weighted by atomic mass is 9.97. The Morgan fingerprint density at radius 2 is 1.73 bits per heavy atom. The molecule has 3 N–H and O–H groups in total. The molecule has 0 aliphatic heterocycles. The van der Waals surface area contributed by atoms with Crippen LogP contribution < -0.4 is 0 Å². The summed E-state index contributed by atoms with van der Waals surface area (Å²) < 4.78 is 0. The molecule has 11 heavy (non-hydrogen) atoms. The zero-order valence-electron chi connectivity index (χ0n) is 7.20. The molecule has 0 saturated heterocycles. The molecule has 3 atom stereocenters. The minimum atomic E-state index is -0.482. The predicted octanol–water partition coefficient (Wildman–Crippen LogP) is 0.137. The van der Waals surface area contributed by atoms with Gasteiger partial charge in [0, 0.05) is 6.61 Å². The summed E-state index contributed by atoms with van der Waals surface area (Å²) in [6.45, 7) is 3.59. The summed E-state index contributed by atoms with van der Waals surface area (Å²) in [6.07, 6.45) is 0.0860. The first-order valence-corrected chi connectivity index (χ1v) is 4.05. The van der Waals surface area contributed by atoms with Crippen LogP contribution in [0.5, 0.6) is 0 Å². The molecular weight excluding hydrogens is 144 g/mol. The monoisotopic (exact) mass is 162 g/mol. The van der Waals surface area contributed by atoms with Crippen LogP contribution in [0.2, 0.25) is 0 Å². The summed E-state index contributed by atoms with van der Waals surface area (Å²) >= 11 is 0. The molecule has 0 spiro atoms. The molecule has 0 radical (unpaired) electrons. The maximum Gasteiger partial charge on any atom is 0.0565 e. The first kappa shape index (κ1) is 10.9. The van der Waals surface area contributed by atoms with Crippen LogP contribution in [0, 0.1) is 5.92 Å². The molecule has 0 aliphatic rings. The molecule has 0 saturated carbocycles. The predicted molar refractivity (Wildman–Crippen MR) is 43.2 cm³/mol. The van der Waals surface area contributed by atoms with Crippen LogP contribution >= 0.6 is 0 Å². The largest absolute Gasteiger partial charge is 0.396 e. The number of rotatable bonds is 5. The Morgan fingerprint density at radius 3 is 2.09 bits per heavy atom. The molecular formula is C8H18O3. The molecule has 68 valence electrons. The summed E-state index contributed by atoms with van der Waals surface area (Å²) in [6, 6.07) is 0. The summed E-state index contributed by atoms with van der Waals surface area (Å²) in [5.41, 5.74) is 0. The second-order valence-corrected chi connectivity index (χ2v) is 3.12. The van der Waals surface area contributed by atoms with Gasteiger partial charge in [-0.1, -0.05) is 6.92 Å². The van der Waals surface area contributed by atoms with Crippen molar-refractivity contribution in [1.29, 1.82) is 0 Å². The van der Waals surface area contributed by atoms with E-state index in [1.807, 2.05) is 6.92 Å². The number of aliphatic hydroxyl groups excluding tert-OH is 3. The van der Waals surface area contributed by atoms with Gasteiger partial charge in [0.05, 0.1) is 12.2 Å². The SMILES string of the molecule is CC(O)C(C)CC(O)CCO. The smallest absolute Gasteiger partial charge is 0.0565 e. The lowest BCUT2D eigenvalue weighted by Crippen LogP contribution is -2.20. The molecule has 0 rings (SSSR count). The Morgan fingerprint density at radius 1 is 1.18 bits per heavy atom. The Balaban J connectivity index is 3.48. The lowest BCUT2D eigenvalue weighted by molar-refractivity contribution is 0.0662. The van der Waals surface area contributed by atoms with Crippen LogP contribution in [-0.4, -0.2) is 34.1 Å². The average Bonchev–Trinajstić information content (AvgIpc) is 1.87. The third-order valence-corrected chi connectivity index (χ3v) is 1.93. The molecule has 3 unspecified atom stereocenters. The van der Waals surface area contributed by atoms with Crippen LogP contribution in [0.15, 0.2) is 0 Å². The zero-order valence-corrected chi connectivity index (χ0v) is 7.20. The average molecular weight is 162 g/mol. The second-order valence-electron chi connectivity index (χ2n) is 3.12. The Labute approximate surface area is 67.7 Å². The molecule has 0 bridgehead atoms. The van der Waals surface area contributed by atoms with Crippen molar-refractivity contribution in [2.24, 2.45) is 5.92 Å². The van der Waals surface area contributed by atoms with Gasteiger partial charge in [0.2, 0.25) is 0 Å². The second kappa shape index (κ2) is 5.52. The maximum absolute atomic E-state index is 9.20. The first-order valence-electron chi connectivity index (χ1n) is 4.05. The van der Waals surface area contributed by atoms with E-state index in [-0.39, 0.29) is 18.6 Å². The molecule has 3 heteroatoms. The molecule has 0 aromatic heterocycles. The fraction of sp³-hybridized carbons (Fsp3) is 1.00. The van der Waals surface area contributed by atoms with Crippen molar-refractivity contribution < 1.29 is 15.3 Å². The van der Waals surface area contributed by atoms with E-state index in [4.69, 9.17) is 10.2 Å². The van der Waals surface area contributed by atoms with Crippen LogP contribution in [0.1, 0.15) is 26.7 Å². The van der Waals surface area contributed by atoms with E-state index >= 15 is 0 Å². The molecule has 0 aromatic carbocycles. The number of hydrogen-bond donors (Lipinski definition) is 3. The third-order valence-electron chi connectivity index (χ3n) is 1.93. The molecule has 0 aromatic rings. The molecule has 0 heterocycles. The van der Waals surface area contributed by atoms with E-state index < -0.39 is 6.10 Å². The fourth-order valence-corrected chi connectivity index (χ4v) is 0.893. The Hall–Kier alpha value is -0.120. The highest BCUT2D eigenvalue weighted by atomic mass is 16.3. The van der Waals surface area contributed by atoms with Gasteiger partial charge < -0.3 is 15.3 Å². The van der Waals surface area contributed by atoms with Crippen molar-refractivity contribution in [3.63, 3.8) is 0 Å². The quantitative estimate of drug-likeness (QED) is 0.539. The standard InChI is InChI=1S/C8H18O3/c1-6(7(2)10)5-8(11)3-4-9/h6-11H,3-5H2,1-2H3. The maximum atomic E-state index is 9.20.